The van der Waals surface area contributed by atoms with Crippen molar-refractivity contribution in [2.45, 2.75) is 30.6 Å². The van der Waals surface area contributed by atoms with E-state index < -0.39 is 10.0 Å². The number of benzene rings is 2. The number of amides is 1. The Bertz CT molecular complexity index is 1210. The average Bonchev–Trinajstić information content (AvgIpc) is 3.38. The first-order chi connectivity index (χ1) is 15.5. The van der Waals surface area contributed by atoms with Crippen LogP contribution < -0.4 is 0 Å². The zero-order valence-corrected chi connectivity index (χ0v) is 18.8. The largest absolute Gasteiger partial charge is 0.336 e. The molecule has 7 heteroatoms. The van der Waals surface area contributed by atoms with Gasteiger partial charge >= 0.3 is 0 Å². The van der Waals surface area contributed by atoms with Crippen LogP contribution in [0.1, 0.15) is 34.3 Å². The smallest absolute Gasteiger partial charge is 0.253 e. The van der Waals surface area contributed by atoms with Crippen molar-refractivity contribution in [3.63, 3.8) is 0 Å². The number of fused-ring (bicyclic) bond motifs is 1. The summed E-state index contributed by atoms with van der Waals surface area (Å²) in [5.41, 5.74) is 4.04. The summed E-state index contributed by atoms with van der Waals surface area (Å²) in [6.07, 6.45) is 8.18. The van der Waals surface area contributed by atoms with Gasteiger partial charge in [0, 0.05) is 49.8 Å². The monoisotopic (exact) mass is 449 g/mol. The molecule has 0 spiro atoms. The molecule has 6 nitrogen and oxygen atoms in total. The summed E-state index contributed by atoms with van der Waals surface area (Å²) in [6, 6.07) is 17.0. The third-order valence-corrected chi connectivity index (χ3v) is 8.40. The molecule has 0 saturated carbocycles. The van der Waals surface area contributed by atoms with Gasteiger partial charge in [0.2, 0.25) is 10.0 Å². The van der Waals surface area contributed by atoms with Gasteiger partial charge in [-0.25, -0.2) is 8.42 Å². The van der Waals surface area contributed by atoms with Crippen molar-refractivity contribution in [2.75, 3.05) is 26.2 Å². The molecule has 1 fully saturated rings. The fraction of sp³-hybridized carbons (Fsp3) is 0.320. The highest BCUT2D eigenvalue weighted by Gasteiger charge is 2.31. The summed E-state index contributed by atoms with van der Waals surface area (Å²) in [4.78, 5) is 15.0. The number of aromatic nitrogens is 1. The Kier molecular flexibility index (Phi) is 5.61. The number of sulfonamides is 1. The molecule has 0 radical (unpaired) electrons. The number of carbonyl (C=O) groups is 1. The van der Waals surface area contributed by atoms with Gasteiger partial charge in [-0.05, 0) is 85.3 Å². The van der Waals surface area contributed by atoms with Crippen molar-refractivity contribution in [1.82, 2.24) is 13.8 Å². The first-order valence-electron chi connectivity index (χ1n) is 11.2. The van der Waals surface area contributed by atoms with Crippen LogP contribution in [0.3, 0.4) is 0 Å². The lowest BCUT2D eigenvalue weighted by Crippen LogP contribution is -2.50. The van der Waals surface area contributed by atoms with Crippen LogP contribution in [-0.4, -0.2) is 54.3 Å². The van der Waals surface area contributed by atoms with Gasteiger partial charge in [0.15, 0.2) is 0 Å². The van der Waals surface area contributed by atoms with Gasteiger partial charge in [-0.2, -0.15) is 4.31 Å². The molecule has 5 rings (SSSR count). The van der Waals surface area contributed by atoms with Gasteiger partial charge in [-0.15, -0.1) is 0 Å². The Morgan fingerprint density at radius 3 is 2.12 bits per heavy atom. The maximum Gasteiger partial charge on any atom is 0.253 e. The summed E-state index contributed by atoms with van der Waals surface area (Å²) in [6.45, 7) is 1.41. The molecule has 1 amide bonds. The summed E-state index contributed by atoms with van der Waals surface area (Å²) >= 11 is 0. The van der Waals surface area contributed by atoms with Crippen LogP contribution in [0.25, 0.3) is 5.69 Å². The minimum Gasteiger partial charge on any atom is -0.336 e. The number of nitrogens with zero attached hydrogens (tertiary/aromatic N) is 3. The minimum absolute atomic E-state index is 0.0603. The summed E-state index contributed by atoms with van der Waals surface area (Å²) in [7, 11) is -3.55. The number of aryl methyl sites for hydroxylation is 2. The summed E-state index contributed by atoms with van der Waals surface area (Å²) < 4.78 is 29.9. The second-order valence-corrected chi connectivity index (χ2v) is 10.4. The number of hydrogen-bond acceptors (Lipinski definition) is 3. The van der Waals surface area contributed by atoms with Crippen LogP contribution >= 0.6 is 0 Å². The Morgan fingerprint density at radius 1 is 0.781 bits per heavy atom. The van der Waals surface area contributed by atoms with Gasteiger partial charge in [0.05, 0.1) is 4.90 Å². The lowest BCUT2D eigenvalue weighted by molar-refractivity contribution is 0.0698. The zero-order chi connectivity index (χ0) is 22.1. The van der Waals surface area contributed by atoms with E-state index in [1.807, 2.05) is 65.5 Å². The Balaban J connectivity index is 1.25. The fourth-order valence-corrected chi connectivity index (χ4v) is 6.09. The van der Waals surface area contributed by atoms with E-state index in [0.29, 0.717) is 36.6 Å². The van der Waals surface area contributed by atoms with E-state index in [-0.39, 0.29) is 5.91 Å². The normalized spacial score (nSPS) is 17.2. The third kappa shape index (κ3) is 3.98. The highest BCUT2D eigenvalue weighted by atomic mass is 32.2. The average molecular weight is 450 g/mol. The summed E-state index contributed by atoms with van der Waals surface area (Å²) in [5.74, 6) is -0.0603. The maximum atomic E-state index is 13.2. The molecule has 1 aliphatic heterocycles. The lowest BCUT2D eigenvalue weighted by Gasteiger charge is -2.34. The van der Waals surface area contributed by atoms with Crippen LogP contribution in [-0.2, 0) is 22.9 Å². The van der Waals surface area contributed by atoms with E-state index >= 15 is 0 Å². The van der Waals surface area contributed by atoms with E-state index in [1.165, 1.54) is 16.3 Å². The van der Waals surface area contributed by atoms with Gasteiger partial charge in [-0.3, -0.25) is 4.79 Å². The van der Waals surface area contributed by atoms with Crippen molar-refractivity contribution in [2.24, 2.45) is 0 Å². The molecular formula is C25H27N3O3S. The Labute approximate surface area is 189 Å². The van der Waals surface area contributed by atoms with Gasteiger partial charge < -0.3 is 9.47 Å². The lowest BCUT2D eigenvalue weighted by atomic mass is 9.92. The molecule has 0 bridgehead atoms. The molecule has 1 aliphatic carbocycles. The Hall–Kier alpha value is -2.90. The van der Waals surface area contributed by atoms with E-state index in [1.54, 1.807) is 11.0 Å². The standard InChI is InChI=1S/C25H27N3O3S/c29-25(21-7-10-23(11-8-21)26-13-3-4-14-26)27-15-17-28(18-16-27)32(30,31)24-12-9-20-5-1-2-6-22(20)19-24/h3-4,7-14,19H,1-2,5-6,15-18H2. The van der Waals surface area contributed by atoms with Crippen molar-refractivity contribution >= 4 is 15.9 Å². The van der Waals surface area contributed by atoms with E-state index in [2.05, 4.69) is 0 Å². The van der Waals surface area contributed by atoms with E-state index in [4.69, 9.17) is 0 Å². The molecule has 1 aromatic heterocycles. The van der Waals surface area contributed by atoms with E-state index in [0.717, 1.165) is 30.5 Å². The molecule has 2 aliphatic rings. The molecule has 2 aromatic carbocycles. The van der Waals surface area contributed by atoms with Crippen LogP contribution in [0.5, 0.6) is 0 Å². The molecular weight excluding hydrogens is 422 g/mol. The molecule has 166 valence electrons. The SMILES string of the molecule is O=C(c1ccc(-n2cccc2)cc1)N1CCN(S(=O)(=O)c2ccc3c(c2)CCCC3)CC1. The first-order valence-corrected chi connectivity index (χ1v) is 12.6. The quantitative estimate of drug-likeness (QED) is 0.612. The molecule has 32 heavy (non-hydrogen) atoms. The van der Waals surface area contributed by atoms with Gasteiger partial charge in [-0.1, -0.05) is 6.07 Å². The Morgan fingerprint density at radius 2 is 1.44 bits per heavy atom. The van der Waals surface area contributed by atoms with Gasteiger partial charge in [0.25, 0.3) is 5.91 Å². The van der Waals surface area contributed by atoms with Crippen LogP contribution in [0.2, 0.25) is 0 Å². The summed E-state index contributed by atoms with van der Waals surface area (Å²) in [5, 5.41) is 0. The highest BCUT2D eigenvalue weighted by Crippen LogP contribution is 2.26. The predicted molar refractivity (Wildman–Crippen MR) is 124 cm³/mol. The molecule has 2 heterocycles. The number of carbonyl (C=O) groups excluding carboxylic acids is 1. The first kappa shape index (κ1) is 21.0. The van der Waals surface area contributed by atoms with Crippen molar-refractivity contribution < 1.29 is 13.2 Å². The number of rotatable bonds is 4. The second-order valence-electron chi connectivity index (χ2n) is 8.47. The molecule has 0 atom stereocenters. The van der Waals surface area contributed by atoms with Crippen LogP contribution in [0.15, 0.2) is 71.9 Å². The topological polar surface area (TPSA) is 62.6 Å². The molecule has 0 unspecified atom stereocenters. The molecule has 1 saturated heterocycles. The van der Waals surface area contributed by atoms with Crippen molar-refractivity contribution in [3.05, 3.63) is 83.7 Å². The number of hydrogen-bond donors (Lipinski definition) is 0. The van der Waals surface area contributed by atoms with Crippen molar-refractivity contribution in [3.8, 4) is 5.69 Å². The van der Waals surface area contributed by atoms with Crippen LogP contribution in [0.4, 0.5) is 0 Å². The number of piperazine rings is 1. The predicted octanol–water partition coefficient (Wildman–Crippen LogP) is 3.50. The second kappa shape index (κ2) is 8.56. The molecule has 3 aromatic rings. The fourth-order valence-electron chi connectivity index (χ4n) is 4.62. The van der Waals surface area contributed by atoms with Crippen molar-refractivity contribution in [1.29, 1.82) is 0 Å². The highest BCUT2D eigenvalue weighted by molar-refractivity contribution is 7.89. The van der Waals surface area contributed by atoms with E-state index in [9.17, 15) is 13.2 Å². The van der Waals surface area contributed by atoms with Gasteiger partial charge in [0.1, 0.15) is 0 Å². The van der Waals surface area contributed by atoms with Crippen LogP contribution in [0, 0.1) is 0 Å². The minimum atomic E-state index is -3.55. The maximum absolute atomic E-state index is 13.2. The third-order valence-electron chi connectivity index (χ3n) is 6.50. The molecule has 0 N–H and O–H groups in total. The zero-order valence-electron chi connectivity index (χ0n) is 18.0.